The number of hydrogen-bond acceptors (Lipinski definition) is 2. The lowest BCUT2D eigenvalue weighted by Crippen LogP contribution is -2.14. The zero-order valence-corrected chi connectivity index (χ0v) is 15.5. The lowest BCUT2D eigenvalue weighted by molar-refractivity contribution is 0.306. The Morgan fingerprint density at radius 3 is 2.43 bits per heavy atom. The molecule has 0 aromatic heterocycles. The molecule has 0 fully saturated rings. The Hall–Kier alpha value is -0.930. The van der Waals surface area contributed by atoms with Gasteiger partial charge in [0, 0.05) is 22.2 Å². The van der Waals surface area contributed by atoms with Crippen LogP contribution < -0.4 is 10.1 Å². The Balaban J connectivity index is 0.00000264. The van der Waals surface area contributed by atoms with Crippen molar-refractivity contribution in [1.82, 2.24) is 5.32 Å². The minimum absolute atomic E-state index is 0. The fraction of sp³-hybridized carbons (Fsp3) is 0.333. The van der Waals surface area contributed by atoms with Gasteiger partial charge in [0.05, 0.1) is 0 Å². The van der Waals surface area contributed by atoms with Crippen LogP contribution >= 0.6 is 35.6 Å². The van der Waals surface area contributed by atoms with Crippen LogP contribution in [0.3, 0.4) is 0 Å². The Morgan fingerprint density at radius 1 is 1.04 bits per heavy atom. The van der Waals surface area contributed by atoms with Crippen molar-refractivity contribution in [3.8, 4) is 5.75 Å². The van der Waals surface area contributed by atoms with E-state index in [2.05, 4.69) is 24.4 Å². The second kappa shape index (κ2) is 10.8. The van der Waals surface area contributed by atoms with Crippen molar-refractivity contribution < 1.29 is 4.74 Å². The van der Waals surface area contributed by atoms with Crippen molar-refractivity contribution >= 4 is 35.6 Å². The van der Waals surface area contributed by atoms with Gasteiger partial charge in [-0.05, 0) is 42.8 Å². The van der Waals surface area contributed by atoms with Crippen LogP contribution in [0.1, 0.15) is 30.9 Å². The molecule has 0 atom stereocenters. The summed E-state index contributed by atoms with van der Waals surface area (Å²) in [6.45, 7) is 4.58. The molecule has 2 nitrogen and oxygen atoms in total. The van der Waals surface area contributed by atoms with Crippen molar-refractivity contribution in [2.45, 2.75) is 32.9 Å². The lowest BCUT2D eigenvalue weighted by Gasteiger charge is -2.09. The average molecular weight is 375 g/mol. The largest absolute Gasteiger partial charge is 0.489 e. The molecule has 0 aliphatic rings. The van der Waals surface area contributed by atoms with E-state index in [1.54, 1.807) is 6.07 Å². The molecule has 0 spiro atoms. The monoisotopic (exact) mass is 373 g/mol. The number of ether oxygens (including phenoxy) is 1. The van der Waals surface area contributed by atoms with E-state index in [9.17, 15) is 0 Å². The fourth-order valence-electron chi connectivity index (χ4n) is 2.04. The van der Waals surface area contributed by atoms with E-state index in [1.807, 2.05) is 24.3 Å². The van der Waals surface area contributed by atoms with Gasteiger partial charge in [0.25, 0.3) is 0 Å². The highest BCUT2D eigenvalue weighted by Crippen LogP contribution is 2.22. The van der Waals surface area contributed by atoms with E-state index < -0.39 is 0 Å². The second-order valence-electron chi connectivity index (χ2n) is 5.20. The van der Waals surface area contributed by atoms with Crippen LogP contribution in [-0.4, -0.2) is 6.54 Å². The summed E-state index contributed by atoms with van der Waals surface area (Å²) < 4.78 is 5.76. The molecule has 0 saturated carbocycles. The fourth-order valence-corrected chi connectivity index (χ4v) is 2.50. The van der Waals surface area contributed by atoms with E-state index in [0.717, 1.165) is 24.4 Å². The molecular formula is C18H22Cl3NO. The molecule has 0 amide bonds. The van der Waals surface area contributed by atoms with Gasteiger partial charge in [-0.3, -0.25) is 0 Å². The Bertz CT molecular complexity index is 587. The van der Waals surface area contributed by atoms with Crippen molar-refractivity contribution in [3.05, 3.63) is 63.6 Å². The summed E-state index contributed by atoms with van der Waals surface area (Å²) in [5.41, 5.74) is 2.18. The highest BCUT2D eigenvalue weighted by Gasteiger charge is 2.03. The van der Waals surface area contributed by atoms with Gasteiger partial charge in [0.15, 0.2) is 0 Å². The number of benzene rings is 2. The standard InChI is InChI=1S/C18H21Cl2NO.ClH/c1-2-3-10-21-12-14-4-8-17(9-5-14)22-13-15-6-7-16(19)11-18(15)20;/h4-9,11,21H,2-3,10,12-13H2,1H3;1H. The van der Waals surface area contributed by atoms with E-state index in [1.165, 1.54) is 18.4 Å². The predicted molar refractivity (Wildman–Crippen MR) is 101 cm³/mol. The van der Waals surface area contributed by atoms with Gasteiger partial charge in [-0.15, -0.1) is 12.4 Å². The molecule has 0 aliphatic carbocycles. The van der Waals surface area contributed by atoms with Crippen LogP contribution in [0.2, 0.25) is 10.0 Å². The first-order valence-electron chi connectivity index (χ1n) is 7.55. The van der Waals surface area contributed by atoms with Crippen LogP contribution in [0.15, 0.2) is 42.5 Å². The van der Waals surface area contributed by atoms with Crippen molar-refractivity contribution in [2.24, 2.45) is 0 Å². The Kier molecular flexibility index (Phi) is 9.42. The number of hydrogen-bond donors (Lipinski definition) is 1. The first-order chi connectivity index (χ1) is 10.7. The van der Waals surface area contributed by atoms with Gasteiger partial charge >= 0.3 is 0 Å². The average Bonchev–Trinajstić information content (AvgIpc) is 2.52. The van der Waals surface area contributed by atoms with E-state index in [0.29, 0.717) is 16.7 Å². The van der Waals surface area contributed by atoms with E-state index in [4.69, 9.17) is 27.9 Å². The maximum absolute atomic E-state index is 6.13. The molecule has 0 radical (unpaired) electrons. The van der Waals surface area contributed by atoms with E-state index >= 15 is 0 Å². The highest BCUT2D eigenvalue weighted by molar-refractivity contribution is 6.35. The van der Waals surface area contributed by atoms with Crippen LogP contribution in [0.4, 0.5) is 0 Å². The smallest absolute Gasteiger partial charge is 0.119 e. The number of halogens is 3. The minimum Gasteiger partial charge on any atom is -0.489 e. The maximum Gasteiger partial charge on any atom is 0.119 e. The molecular weight excluding hydrogens is 353 g/mol. The molecule has 2 rings (SSSR count). The summed E-state index contributed by atoms with van der Waals surface area (Å²) in [6.07, 6.45) is 2.43. The SMILES string of the molecule is CCCCNCc1ccc(OCc2ccc(Cl)cc2Cl)cc1.Cl. The van der Waals surface area contributed by atoms with Gasteiger partial charge in [0.1, 0.15) is 12.4 Å². The molecule has 0 bridgehead atoms. The Labute approximate surface area is 154 Å². The van der Waals surface area contributed by atoms with Crippen LogP contribution in [0.25, 0.3) is 0 Å². The number of rotatable bonds is 8. The molecule has 5 heteroatoms. The van der Waals surface area contributed by atoms with Crippen LogP contribution in [-0.2, 0) is 13.2 Å². The molecule has 23 heavy (non-hydrogen) atoms. The summed E-state index contributed by atoms with van der Waals surface area (Å²) >= 11 is 12.0. The van der Waals surface area contributed by atoms with Gasteiger partial charge < -0.3 is 10.1 Å². The lowest BCUT2D eigenvalue weighted by atomic mass is 10.2. The normalized spacial score (nSPS) is 10.2. The van der Waals surface area contributed by atoms with Gasteiger partial charge in [-0.2, -0.15) is 0 Å². The molecule has 126 valence electrons. The molecule has 0 aliphatic heterocycles. The molecule has 2 aromatic carbocycles. The molecule has 0 heterocycles. The van der Waals surface area contributed by atoms with Gasteiger partial charge in [0.2, 0.25) is 0 Å². The summed E-state index contributed by atoms with van der Waals surface area (Å²) in [5.74, 6) is 0.836. The van der Waals surface area contributed by atoms with Crippen LogP contribution in [0, 0.1) is 0 Å². The minimum atomic E-state index is 0. The first-order valence-corrected chi connectivity index (χ1v) is 8.31. The quantitative estimate of drug-likeness (QED) is 0.582. The summed E-state index contributed by atoms with van der Waals surface area (Å²) in [6, 6.07) is 13.6. The number of nitrogens with one attached hydrogen (secondary N) is 1. The molecule has 1 N–H and O–H groups in total. The van der Waals surface area contributed by atoms with Crippen molar-refractivity contribution in [1.29, 1.82) is 0 Å². The first kappa shape index (κ1) is 20.1. The maximum atomic E-state index is 6.13. The van der Waals surface area contributed by atoms with E-state index in [-0.39, 0.29) is 12.4 Å². The highest BCUT2D eigenvalue weighted by atomic mass is 35.5. The molecule has 0 saturated heterocycles. The third-order valence-electron chi connectivity index (χ3n) is 3.37. The predicted octanol–water partition coefficient (Wildman–Crippen LogP) is 5.88. The summed E-state index contributed by atoms with van der Waals surface area (Å²) in [7, 11) is 0. The van der Waals surface area contributed by atoms with Gasteiger partial charge in [-0.25, -0.2) is 0 Å². The summed E-state index contributed by atoms with van der Waals surface area (Å²) in [5, 5.41) is 4.68. The van der Waals surface area contributed by atoms with Gasteiger partial charge in [-0.1, -0.05) is 54.7 Å². The van der Waals surface area contributed by atoms with Crippen LogP contribution in [0.5, 0.6) is 5.75 Å². The third kappa shape index (κ3) is 7.01. The second-order valence-corrected chi connectivity index (χ2v) is 6.04. The third-order valence-corrected chi connectivity index (χ3v) is 3.96. The number of unbranched alkanes of at least 4 members (excludes halogenated alkanes) is 1. The zero-order chi connectivity index (χ0) is 15.8. The Morgan fingerprint density at radius 2 is 1.78 bits per heavy atom. The van der Waals surface area contributed by atoms with Crippen molar-refractivity contribution in [2.75, 3.05) is 6.54 Å². The zero-order valence-electron chi connectivity index (χ0n) is 13.1. The molecule has 0 unspecified atom stereocenters. The summed E-state index contributed by atoms with van der Waals surface area (Å²) in [4.78, 5) is 0. The molecule has 2 aromatic rings. The topological polar surface area (TPSA) is 21.3 Å². The van der Waals surface area contributed by atoms with Crippen molar-refractivity contribution in [3.63, 3.8) is 0 Å².